The van der Waals surface area contributed by atoms with Crippen molar-refractivity contribution < 1.29 is 17.6 Å². The predicted molar refractivity (Wildman–Crippen MR) is 103 cm³/mol. The normalized spacial score (nSPS) is 10.7. The van der Waals surface area contributed by atoms with Gasteiger partial charge in [0.1, 0.15) is 17.4 Å². The average Bonchev–Trinajstić information content (AvgIpc) is 3.27. The van der Waals surface area contributed by atoms with Crippen LogP contribution in [0.4, 0.5) is 30.5 Å². The van der Waals surface area contributed by atoms with Crippen LogP contribution < -0.4 is 10.6 Å². The van der Waals surface area contributed by atoms with E-state index in [0.717, 1.165) is 17.7 Å². The highest BCUT2D eigenvalue weighted by Crippen LogP contribution is 2.26. The number of anilines is 3. The molecule has 0 fully saturated rings. The van der Waals surface area contributed by atoms with E-state index in [1.807, 2.05) is 36.4 Å². The third-order valence-electron chi connectivity index (χ3n) is 4.08. The predicted octanol–water partition coefficient (Wildman–Crippen LogP) is 5.51. The molecular formula is C21H15F3N4O. The van der Waals surface area contributed by atoms with Gasteiger partial charge in [-0.05, 0) is 24.3 Å². The molecule has 0 aliphatic carbocycles. The van der Waals surface area contributed by atoms with Crippen LogP contribution in [-0.4, -0.2) is 9.97 Å². The first-order valence-electron chi connectivity index (χ1n) is 8.71. The first kappa shape index (κ1) is 18.5. The molecule has 0 bridgehead atoms. The lowest BCUT2D eigenvalue weighted by Gasteiger charge is -2.12. The highest BCUT2D eigenvalue weighted by Gasteiger charge is 2.15. The van der Waals surface area contributed by atoms with Gasteiger partial charge in [0.2, 0.25) is 0 Å². The van der Waals surface area contributed by atoms with Gasteiger partial charge in [-0.25, -0.2) is 23.1 Å². The Morgan fingerprint density at radius 2 is 1.62 bits per heavy atom. The Morgan fingerprint density at radius 3 is 2.38 bits per heavy atom. The first-order valence-corrected chi connectivity index (χ1v) is 8.71. The summed E-state index contributed by atoms with van der Waals surface area (Å²) in [4.78, 5) is 8.84. The summed E-state index contributed by atoms with van der Waals surface area (Å²) in [6, 6.07) is 16.3. The molecule has 5 nitrogen and oxygen atoms in total. The molecule has 8 heteroatoms. The number of nitrogens with zero attached hydrogens (tertiary/aromatic N) is 2. The minimum atomic E-state index is -1.55. The third kappa shape index (κ3) is 4.21. The number of halogens is 3. The highest BCUT2D eigenvalue weighted by molar-refractivity contribution is 5.65. The summed E-state index contributed by atoms with van der Waals surface area (Å²) >= 11 is 0. The quantitative estimate of drug-likeness (QED) is 0.421. The van der Waals surface area contributed by atoms with Crippen LogP contribution in [0.1, 0.15) is 5.76 Å². The third-order valence-corrected chi connectivity index (χ3v) is 4.08. The van der Waals surface area contributed by atoms with Gasteiger partial charge in [-0.15, -0.1) is 0 Å². The SMILES string of the molecule is Fc1ccc(Nc2cc(NCc3ccco3)nc(-c3ccccc3)n2)c(F)c1F. The summed E-state index contributed by atoms with van der Waals surface area (Å²) in [5, 5.41) is 5.79. The largest absolute Gasteiger partial charge is 0.467 e. The minimum absolute atomic E-state index is 0.214. The smallest absolute Gasteiger partial charge is 0.196 e. The number of benzene rings is 2. The van der Waals surface area contributed by atoms with E-state index >= 15 is 0 Å². The fourth-order valence-corrected chi connectivity index (χ4v) is 2.67. The van der Waals surface area contributed by atoms with E-state index in [-0.39, 0.29) is 11.5 Å². The van der Waals surface area contributed by atoms with Crippen molar-refractivity contribution in [2.24, 2.45) is 0 Å². The summed E-state index contributed by atoms with van der Waals surface area (Å²) < 4.78 is 46.1. The van der Waals surface area contributed by atoms with Gasteiger partial charge in [0.15, 0.2) is 23.3 Å². The molecule has 4 aromatic rings. The van der Waals surface area contributed by atoms with Crippen LogP contribution in [-0.2, 0) is 6.54 Å². The number of rotatable bonds is 6. The topological polar surface area (TPSA) is 63.0 Å². The zero-order chi connectivity index (χ0) is 20.2. The van der Waals surface area contributed by atoms with Gasteiger partial charge < -0.3 is 15.1 Å². The van der Waals surface area contributed by atoms with Gasteiger partial charge in [0.05, 0.1) is 18.5 Å². The van der Waals surface area contributed by atoms with Crippen molar-refractivity contribution in [3.8, 4) is 11.4 Å². The second kappa shape index (κ2) is 8.05. The van der Waals surface area contributed by atoms with Gasteiger partial charge in [-0.3, -0.25) is 0 Å². The fourth-order valence-electron chi connectivity index (χ4n) is 2.67. The van der Waals surface area contributed by atoms with Crippen LogP contribution >= 0.6 is 0 Å². The average molecular weight is 396 g/mol. The number of hydrogen-bond acceptors (Lipinski definition) is 5. The molecule has 146 valence electrons. The number of hydrogen-bond donors (Lipinski definition) is 2. The van der Waals surface area contributed by atoms with E-state index in [1.165, 1.54) is 6.07 Å². The lowest BCUT2D eigenvalue weighted by atomic mass is 10.2. The van der Waals surface area contributed by atoms with Crippen molar-refractivity contribution in [1.82, 2.24) is 9.97 Å². The molecule has 0 radical (unpaired) electrons. The summed E-state index contributed by atoms with van der Waals surface area (Å²) in [5.41, 5.74) is 0.501. The molecule has 0 spiro atoms. The van der Waals surface area contributed by atoms with Crippen molar-refractivity contribution in [3.63, 3.8) is 0 Å². The monoisotopic (exact) mass is 396 g/mol. The molecular weight excluding hydrogens is 381 g/mol. The lowest BCUT2D eigenvalue weighted by molar-refractivity contribution is 0.449. The zero-order valence-electron chi connectivity index (χ0n) is 15.0. The molecule has 0 aliphatic rings. The first-order chi connectivity index (χ1) is 14.1. The molecule has 0 saturated heterocycles. The van der Waals surface area contributed by atoms with Crippen LogP contribution in [0.25, 0.3) is 11.4 Å². The second-order valence-electron chi connectivity index (χ2n) is 6.11. The van der Waals surface area contributed by atoms with Crippen LogP contribution in [0.15, 0.2) is 71.3 Å². The maximum Gasteiger partial charge on any atom is 0.196 e. The van der Waals surface area contributed by atoms with Crippen LogP contribution in [0, 0.1) is 17.5 Å². The Kier molecular flexibility index (Phi) is 5.15. The summed E-state index contributed by atoms with van der Waals surface area (Å²) in [6.45, 7) is 0.372. The van der Waals surface area contributed by atoms with E-state index in [0.29, 0.717) is 23.9 Å². The maximum absolute atomic E-state index is 14.1. The van der Waals surface area contributed by atoms with Gasteiger partial charge in [-0.1, -0.05) is 30.3 Å². The Bertz CT molecular complexity index is 1120. The molecule has 2 N–H and O–H groups in total. The Morgan fingerprint density at radius 1 is 0.828 bits per heavy atom. The van der Waals surface area contributed by atoms with Crippen LogP contribution in [0.3, 0.4) is 0 Å². The van der Waals surface area contributed by atoms with Gasteiger partial charge in [0.25, 0.3) is 0 Å². The Balaban J connectivity index is 1.68. The van der Waals surface area contributed by atoms with E-state index in [9.17, 15) is 13.2 Å². The molecule has 0 amide bonds. The maximum atomic E-state index is 14.1. The number of nitrogens with one attached hydrogen (secondary N) is 2. The highest BCUT2D eigenvalue weighted by atomic mass is 19.2. The van der Waals surface area contributed by atoms with Crippen molar-refractivity contribution in [1.29, 1.82) is 0 Å². The van der Waals surface area contributed by atoms with Crippen LogP contribution in [0.5, 0.6) is 0 Å². The molecule has 29 heavy (non-hydrogen) atoms. The molecule has 0 unspecified atom stereocenters. The number of aromatic nitrogens is 2. The van der Waals surface area contributed by atoms with Crippen molar-refractivity contribution >= 4 is 17.3 Å². The standard InChI is InChI=1S/C21H15F3N4O/c22-15-8-9-16(20(24)19(15)23)26-18-11-17(25-12-14-7-4-10-29-14)27-21(28-18)13-5-2-1-3-6-13/h1-11H,12H2,(H2,25,26,27,28). The molecule has 2 aromatic carbocycles. The second-order valence-corrected chi connectivity index (χ2v) is 6.11. The molecule has 0 aliphatic heterocycles. The van der Waals surface area contributed by atoms with Gasteiger partial charge in [-0.2, -0.15) is 0 Å². The van der Waals surface area contributed by atoms with E-state index in [4.69, 9.17) is 4.42 Å². The van der Waals surface area contributed by atoms with Gasteiger partial charge in [0, 0.05) is 11.6 Å². The summed E-state index contributed by atoms with van der Waals surface area (Å²) in [7, 11) is 0. The summed E-state index contributed by atoms with van der Waals surface area (Å²) in [5.74, 6) is -2.40. The fraction of sp³-hybridized carbons (Fsp3) is 0.0476. The van der Waals surface area contributed by atoms with Crippen molar-refractivity contribution in [3.05, 3.63) is 90.1 Å². The van der Waals surface area contributed by atoms with E-state index in [2.05, 4.69) is 20.6 Å². The van der Waals surface area contributed by atoms with Crippen molar-refractivity contribution in [2.75, 3.05) is 10.6 Å². The Hall–Kier alpha value is -3.81. The lowest BCUT2D eigenvalue weighted by Crippen LogP contribution is -2.06. The minimum Gasteiger partial charge on any atom is -0.467 e. The zero-order valence-corrected chi connectivity index (χ0v) is 15.0. The molecule has 4 rings (SSSR count). The summed E-state index contributed by atoms with van der Waals surface area (Å²) in [6.07, 6.45) is 1.56. The Labute approximate surface area is 164 Å². The van der Waals surface area contributed by atoms with Crippen LogP contribution in [0.2, 0.25) is 0 Å². The van der Waals surface area contributed by atoms with E-state index in [1.54, 1.807) is 12.3 Å². The number of furan rings is 1. The van der Waals surface area contributed by atoms with Gasteiger partial charge >= 0.3 is 0 Å². The van der Waals surface area contributed by atoms with Crippen molar-refractivity contribution in [2.45, 2.75) is 6.54 Å². The molecule has 0 saturated carbocycles. The molecule has 2 aromatic heterocycles. The molecule has 0 atom stereocenters. The van der Waals surface area contributed by atoms with E-state index < -0.39 is 17.5 Å². The molecule has 2 heterocycles.